The van der Waals surface area contributed by atoms with Crippen LogP contribution < -0.4 is 10.6 Å². The highest BCUT2D eigenvalue weighted by atomic mass is 35.5. The fourth-order valence-electron chi connectivity index (χ4n) is 3.17. The van der Waals surface area contributed by atoms with E-state index in [0.29, 0.717) is 36.5 Å². The van der Waals surface area contributed by atoms with Crippen LogP contribution in [0.2, 0.25) is 5.02 Å². The van der Waals surface area contributed by atoms with E-state index in [0.717, 1.165) is 13.1 Å². The molecule has 2 amide bonds. The largest absolute Gasteiger partial charge is 0.354 e. The van der Waals surface area contributed by atoms with Crippen LogP contribution in [0.15, 0.2) is 24.3 Å². The van der Waals surface area contributed by atoms with Crippen molar-refractivity contribution in [3.05, 3.63) is 34.9 Å². The van der Waals surface area contributed by atoms with Crippen molar-refractivity contribution in [1.82, 2.24) is 15.5 Å². The van der Waals surface area contributed by atoms with Crippen molar-refractivity contribution in [2.75, 3.05) is 26.2 Å². The van der Waals surface area contributed by atoms with Gasteiger partial charge in [0.25, 0.3) is 5.91 Å². The minimum absolute atomic E-state index is 0.0150. The third-order valence-corrected chi connectivity index (χ3v) is 5.15. The molecule has 2 rings (SSSR count). The van der Waals surface area contributed by atoms with Crippen molar-refractivity contribution in [3.8, 4) is 0 Å². The number of rotatable bonds is 8. The molecule has 6 heteroatoms. The number of carbonyl (C=O) groups is 2. The SMILES string of the molecule is CC(C)(CNC(=O)CCCNC(=O)c1ccc(Cl)cc1)N1CCCCC1. The molecule has 26 heavy (non-hydrogen) atoms. The summed E-state index contributed by atoms with van der Waals surface area (Å²) in [5.41, 5.74) is 0.556. The molecule has 0 unspecified atom stereocenters. The number of piperidine rings is 1. The van der Waals surface area contributed by atoms with E-state index in [2.05, 4.69) is 29.4 Å². The first kappa shape index (κ1) is 20.7. The first-order valence-corrected chi connectivity index (χ1v) is 9.82. The second-order valence-corrected chi connectivity index (χ2v) is 7.94. The lowest BCUT2D eigenvalue weighted by atomic mass is 9.98. The summed E-state index contributed by atoms with van der Waals surface area (Å²) < 4.78 is 0. The maximum absolute atomic E-state index is 12.1. The zero-order valence-corrected chi connectivity index (χ0v) is 16.6. The molecular formula is C20H30ClN3O2. The van der Waals surface area contributed by atoms with Gasteiger partial charge in [-0.25, -0.2) is 0 Å². The summed E-state index contributed by atoms with van der Waals surface area (Å²) in [6.45, 7) is 7.72. The average molecular weight is 380 g/mol. The predicted octanol–water partition coefficient (Wildman–Crippen LogP) is 3.23. The molecule has 2 N–H and O–H groups in total. The van der Waals surface area contributed by atoms with Gasteiger partial charge in [0.15, 0.2) is 0 Å². The fraction of sp³-hybridized carbons (Fsp3) is 0.600. The van der Waals surface area contributed by atoms with E-state index in [1.807, 2.05) is 0 Å². The second-order valence-electron chi connectivity index (χ2n) is 7.50. The number of carbonyl (C=O) groups excluding carboxylic acids is 2. The smallest absolute Gasteiger partial charge is 0.251 e. The summed E-state index contributed by atoms with van der Waals surface area (Å²) in [7, 11) is 0. The van der Waals surface area contributed by atoms with Crippen LogP contribution in [-0.4, -0.2) is 48.4 Å². The van der Waals surface area contributed by atoms with Crippen molar-refractivity contribution in [3.63, 3.8) is 0 Å². The van der Waals surface area contributed by atoms with Gasteiger partial charge in [0.05, 0.1) is 0 Å². The Morgan fingerprint density at radius 2 is 1.73 bits per heavy atom. The molecule has 0 radical (unpaired) electrons. The zero-order chi connectivity index (χ0) is 19.0. The lowest BCUT2D eigenvalue weighted by Crippen LogP contribution is -2.53. The Morgan fingerprint density at radius 3 is 2.38 bits per heavy atom. The van der Waals surface area contributed by atoms with Crippen LogP contribution in [-0.2, 0) is 4.79 Å². The number of hydrogen-bond donors (Lipinski definition) is 2. The van der Waals surface area contributed by atoms with Crippen molar-refractivity contribution >= 4 is 23.4 Å². The van der Waals surface area contributed by atoms with Gasteiger partial charge >= 0.3 is 0 Å². The molecule has 1 heterocycles. The van der Waals surface area contributed by atoms with E-state index in [9.17, 15) is 9.59 Å². The van der Waals surface area contributed by atoms with Crippen LogP contribution >= 0.6 is 11.6 Å². The minimum atomic E-state index is -0.145. The lowest BCUT2D eigenvalue weighted by molar-refractivity contribution is -0.121. The summed E-state index contributed by atoms with van der Waals surface area (Å²) in [6, 6.07) is 6.75. The normalized spacial score (nSPS) is 15.5. The van der Waals surface area contributed by atoms with E-state index < -0.39 is 0 Å². The third kappa shape index (κ3) is 6.61. The Bertz CT molecular complexity index is 596. The van der Waals surface area contributed by atoms with Crippen LogP contribution in [0.1, 0.15) is 56.3 Å². The second kappa shape index (κ2) is 9.93. The van der Waals surface area contributed by atoms with E-state index in [1.165, 1.54) is 19.3 Å². The van der Waals surface area contributed by atoms with Crippen LogP contribution in [0.4, 0.5) is 0 Å². The molecule has 1 saturated heterocycles. The van der Waals surface area contributed by atoms with Crippen LogP contribution in [0.5, 0.6) is 0 Å². The molecule has 144 valence electrons. The summed E-state index contributed by atoms with van der Waals surface area (Å²) >= 11 is 5.81. The number of benzene rings is 1. The van der Waals surface area contributed by atoms with Crippen molar-refractivity contribution in [1.29, 1.82) is 0 Å². The molecule has 1 aliphatic heterocycles. The molecule has 1 aromatic rings. The van der Waals surface area contributed by atoms with Crippen molar-refractivity contribution in [2.24, 2.45) is 0 Å². The monoisotopic (exact) mass is 379 g/mol. The van der Waals surface area contributed by atoms with Gasteiger partial charge in [-0.3, -0.25) is 14.5 Å². The molecule has 0 spiro atoms. The van der Waals surface area contributed by atoms with Crippen LogP contribution in [0, 0.1) is 0 Å². The van der Waals surface area contributed by atoms with E-state index in [-0.39, 0.29) is 17.4 Å². The van der Waals surface area contributed by atoms with E-state index in [4.69, 9.17) is 11.6 Å². The Hall–Kier alpha value is -1.59. The minimum Gasteiger partial charge on any atom is -0.354 e. The Labute approximate surface area is 161 Å². The highest BCUT2D eigenvalue weighted by Gasteiger charge is 2.28. The highest BCUT2D eigenvalue weighted by Crippen LogP contribution is 2.19. The number of nitrogens with one attached hydrogen (secondary N) is 2. The number of halogens is 1. The Morgan fingerprint density at radius 1 is 1.08 bits per heavy atom. The van der Waals surface area contributed by atoms with E-state index >= 15 is 0 Å². The molecule has 1 aliphatic rings. The Kier molecular flexibility index (Phi) is 7.91. The molecule has 0 bridgehead atoms. The van der Waals surface area contributed by atoms with Crippen LogP contribution in [0.25, 0.3) is 0 Å². The fourth-order valence-corrected chi connectivity index (χ4v) is 3.29. The quantitative estimate of drug-likeness (QED) is 0.681. The Balaban J connectivity index is 1.62. The first-order valence-electron chi connectivity index (χ1n) is 9.44. The van der Waals surface area contributed by atoms with Crippen LogP contribution in [0.3, 0.4) is 0 Å². The first-order chi connectivity index (χ1) is 12.4. The highest BCUT2D eigenvalue weighted by molar-refractivity contribution is 6.30. The maximum Gasteiger partial charge on any atom is 0.251 e. The summed E-state index contributed by atoms with van der Waals surface area (Å²) in [6.07, 6.45) is 4.82. The number of nitrogens with zero attached hydrogens (tertiary/aromatic N) is 1. The zero-order valence-electron chi connectivity index (χ0n) is 15.8. The van der Waals surface area contributed by atoms with Gasteiger partial charge in [0, 0.05) is 35.6 Å². The standard InChI is InChI=1S/C20H30ClN3O2/c1-20(2,24-13-4-3-5-14-24)15-23-18(25)7-6-12-22-19(26)16-8-10-17(21)11-9-16/h8-11H,3-7,12-15H2,1-2H3,(H,22,26)(H,23,25). The van der Waals surface area contributed by atoms with Crippen molar-refractivity contribution < 1.29 is 9.59 Å². The van der Waals surface area contributed by atoms with Gasteiger partial charge in [0.1, 0.15) is 0 Å². The number of likely N-dealkylation sites (tertiary alicyclic amines) is 1. The molecule has 0 aliphatic carbocycles. The molecule has 5 nitrogen and oxygen atoms in total. The number of hydrogen-bond acceptors (Lipinski definition) is 3. The predicted molar refractivity (Wildman–Crippen MR) is 106 cm³/mol. The molecule has 1 aromatic carbocycles. The van der Waals surface area contributed by atoms with Gasteiger partial charge in [-0.2, -0.15) is 0 Å². The maximum atomic E-state index is 12.1. The van der Waals surface area contributed by atoms with Gasteiger partial charge in [-0.15, -0.1) is 0 Å². The molecule has 0 atom stereocenters. The third-order valence-electron chi connectivity index (χ3n) is 4.90. The van der Waals surface area contributed by atoms with Gasteiger partial charge in [-0.1, -0.05) is 18.0 Å². The van der Waals surface area contributed by atoms with Gasteiger partial charge in [-0.05, 0) is 70.5 Å². The number of amides is 2. The van der Waals surface area contributed by atoms with Gasteiger partial charge < -0.3 is 10.6 Å². The summed E-state index contributed by atoms with van der Waals surface area (Å²) in [5.74, 6) is -0.107. The topological polar surface area (TPSA) is 61.4 Å². The summed E-state index contributed by atoms with van der Waals surface area (Å²) in [5, 5.41) is 6.47. The molecule has 0 saturated carbocycles. The summed E-state index contributed by atoms with van der Waals surface area (Å²) in [4.78, 5) is 26.5. The molecular weight excluding hydrogens is 350 g/mol. The lowest BCUT2D eigenvalue weighted by Gasteiger charge is -2.41. The van der Waals surface area contributed by atoms with Crippen molar-refractivity contribution in [2.45, 2.75) is 51.5 Å². The van der Waals surface area contributed by atoms with Gasteiger partial charge in [0.2, 0.25) is 5.91 Å². The molecule has 0 aromatic heterocycles. The molecule has 1 fully saturated rings. The van der Waals surface area contributed by atoms with E-state index in [1.54, 1.807) is 24.3 Å². The average Bonchev–Trinajstić information content (AvgIpc) is 2.65.